The molecule has 0 saturated heterocycles. The molecule has 2 aromatic rings. The molecule has 0 bridgehead atoms. The summed E-state index contributed by atoms with van der Waals surface area (Å²) in [7, 11) is -3.70. The topological polar surface area (TPSA) is 72.2 Å². The highest BCUT2D eigenvalue weighted by atomic mass is 79.9. The Morgan fingerprint density at radius 2 is 1.55 bits per heavy atom. The second-order valence-corrected chi connectivity index (χ2v) is 7.09. The maximum absolute atomic E-state index is 12.5. The summed E-state index contributed by atoms with van der Waals surface area (Å²) in [6.45, 7) is 3.51. The maximum Gasteiger partial charge on any atom is 0.264 e. The molecule has 2 rings (SSSR count). The first kappa shape index (κ1) is 14.9. The molecule has 2 aromatic carbocycles. The molecule has 0 saturated carbocycles. The van der Waals surface area contributed by atoms with Crippen molar-refractivity contribution in [3.8, 4) is 0 Å². The van der Waals surface area contributed by atoms with E-state index in [1.54, 1.807) is 44.2 Å². The van der Waals surface area contributed by atoms with E-state index in [0.29, 0.717) is 11.3 Å². The average Bonchev–Trinajstić information content (AvgIpc) is 2.37. The van der Waals surface area contributed by atoms with E-state index in [2.05, 4.69) is 20.7 Å². The fraction of sp³-hybridized carbons (Fsp3) is 0.143. The van der Waals surface area contributed by atoms with Gasteiger partial charge in [-0.2, -0.15) is 0 Å². The van der Waals surface area contributed by atoms with Gasteiger partial charge in [0.25, 0.3) is 10.0 Å². The van der Waals surface area contributed by atoms with E-state index in [1.807, 2.05) is 6.07 Å². The minimum atomic E-state index is -3.70. The van der Waals surface area contributed by atoms with Crippen LogP contribution >= 0.6 is 15.9 Å². The third-order valence-electron chi connectivity index (χ3n) is 2.98. The summed E-state index contributed by atoms with van der Waals surface area (Å²) in [5.74, 6) is 0. The van der Waals surface area contributed by atoms with Crippen molar-refractivity contribution < 1.29 is 8.42 Å². The Labute approximate surface area is 127 Å². The van der Waals surface area contributed by atoms with Gasteiger partial charge in [-0.1, -0.05) is 28.1 Å². The van der Waals surface area contributed by atoms with E-state index in [4.69, 9.17) is 5.73 Å². The highest BCUT2D eigenvalue weighted by molar-refractivity contribution is 9.10. The standard InChI is InChI=1S/C14H15BrN2O2S/c1-9-3-4-10(2)14(13(9)16)20(18,19)17-12-7-5-11(15)6-8-12/h3-8,17H,16H2,1-2H3. The third-order valence-corrected chi connectivity index (χ3v) is 5.09. The van der Waals surface area contributed by atoms with Gasteiger partial charge in [-0.05, 0) is 49.2 Å². The van der Waals surface area contributed by atoms with Crippen LogP contribution in [-0.4, -0.2) is 8.42 Å². The number of sulfonamides is 1. The van der Waals surface area contributed by atoms with E-state index in [0.717, 1.165) is 10.0 Å². The van der Waals surface area contributed by atoms with E-state index in [9.17, 15) is 8.42 Å². The number of benzene rings is 2. The zero-order valence-corrected chi connectivity index (χ0v) is 13.5. The van der Waals surface area contributed by atoms with Crippen molar-refractivity contribution >= 4 is 37.3 Å². The fourth-order valence-corrected chi connectivity index (χ4v) is 3.64. The summed E-state index contributed by atoms with van der Waals surface area (Å²) >= 11 is 3.31. The number of aryl methyl sites for hydroxylation is 2. The molecule has 0 radical (unpaired) electrons. The van der Waals surface area contributed by atoms with Crippen LogP contribution in [0, 0.1) is 13.8 Å². The number of halogens is 1. The Morgan fingerprint density at radius 3 is 2.15 bits per heavy atom. The molecular weight excluding hydrogens is 340 g/mol. The van der Waals surface area contributed by atoms with Gasteiger partial charge in [0.15, 0.2) is 0 Å². The Morgan fingerprint density at radius 1 is 1.00 bits per heavy atom. The quantitative estimate of drug-likeness (QED) is 0.829. The summed E-state index contributed by atoms with van der Waals surface area (Å²) in [5, 5.41) is 0. The lowest BCUT2D eigenvalue weighted by atomic mass is 10.1. The largest absolute Gasteiger partial charge is 0.397 e. The fourth-order valence-electron chi connectivity index (χ4n) is 1.89. The van der Waals surface area contributed by atoms with Gasteiger partial charge in [0.2, 0.25) is 0 Å². The first-order valence-electron chi connectivity index (χ1n) is 5.95. The van der Waals surface area contributed by atoms with Gasteiger partial charge >= 0.3 is 0 Å². The molecule has 0 spiro atoms. The molecule has 0 amide bonds. The van der Waals surface area contributed by atoms with E-state index >= 15 is 0 Å². The van der Waals surface area contributed by atoms with Gasteiger partial charge < -0.3 is 5.73 Å². The Bertz CT molecular complexity index is 741. The van der Waals surface area contributed by atoms with Crippen LogP contribution < -0.4 is 10.5 Å². The van der Waals surface area contributed by atoms with Crippen molar-refractivity contribution in [2.45, 2.75) is 18.7 Å². The second kappa shape index (κ2) is 5.46. The summed E-state index contributed by atoms with van der Waals surface area (Å²) in [6.07, 6.45) is 0. The van der Waals surface area contributed by atoms with Crippen LogP contribution in [0.2, 0.25) is 0 Å². The minimum absolute atomic E-state index is 0.139. The van der Waals surface area contributed by atoms with Crippen LogP contribution in [0.25, 0.3) is 0 Å². The number of hydrogen-bond acceptors (Lipinski definition) is 3. The monoisotopic (exact) mass is 354 g/mol. The molecule has 20 heavy (non-hydrogen) atoms. The molecule has 0 aliphatic heterocycles. The van der Waals surface area contributed by atoms with Gasteiger partial charge in [0, 0.05) is 10.2 Å². The molecule has 0 aromatic heterocycles. The second-order valence-electron chi connectivity index (χ2n) is 4.55. The third kappa shape index (κ3) is 2.96. The van der Waals surface area contributed by atoms with Crippen LogP contribution in [0.4, 0.5) is 11.4 Å². The Balaban J connectivity index is 2.46. The van der Waals surface area contributed by atoms with Crippen LogP contribution in [0.5, 0.6) is 0 Å². The molecule has 0 aliphatic carbocycles. The normalized spacial score (nSPS) is 11.3. The maximum atomic E-state index is 12.5. The molecule has 0 fully saturated rings. The van der Waals surface area contributed by atoms with Crippen LogP contribution in [-0.2, 0) is 10.0 Å². The van der Waals surface area contributed by atoms with Crippen molar-refractivity contribution in [2.24, 2.45) is 0 Å². The SMILES string of the molecule is Cc1ccc(C)c(S(=O)(=O)Nc2ccc(Br)cc2)c1N. The molecule has 0 unspecified atom stereocenters. The van der Waals surface area contributed by atoms with Crippen LogP contribution in [0.15, 0.2) is 45.8 Å². The lowest BCUT2D eigenvalue weighted by molar-refractivity contribution is 0.601. The van der Waals surface area contributed by atoms with Gasteiger partial charge in [0.1, 0.15) is 4.90 Å². The summed E-state index contributed by atoms with van der Waals surface area (Å²) in [5.41, 5.74) is 8.07. The lowest BCUT2D eigenvalue weighted by Crippen LogP contribution is -2.16. The lowest BCUT2D eigenvalue weighted by Gasteiger charge is -2.14. The predicted octanol–water partition coefficient (Wildman–Crippen LogP) is 3.45. The number of rotatable bonds is 3. The van der Waals surface area contributed by atoms with Gasteiger partial charge in [0.05, 0.1) is 5.69 Å². The first-order valence-corrected chi connectivity index (χ1v) is 8.23. The molecular formula is C14H15BrN2O2S. The average molecular weight is 355 g/mol. The summed E-state index contributed by atoms with van der Waals surface area (Å²) in [6, 6.07) is 10.5. The number of anilines is 2. The van der Waals surface area contributed by atoms with Crippen molar-refractivity contribution in [2.75, 3.05) is 10.5 Å². The summed E-state index contributed by atoms with van der Waals surface area (Å²) < 4.78 is 28.4. The molecule has 106 valence electrons. The van der Waals surface area contributed by atoms with Crippen molar-refractivity contribution in [3.63, 3.8) is 0 Å². The number of nitrogen functional groups attached to an aromatic ring is 1. The van der Waals surface area contributed by atoms with E-state index in [1.165, 1.54) is 0 Å². The number of nitrogens with one attached hydrogen (secondary N) is 1. The van der Waals surface area contributed by atoms with Gasteiger partial charge in [-0.25, -0.2) is 8.42 Å². The smallest absolute Gasteiger partial charge is 0.264 e. The number of hydrogen-bond donors (Lipinski definition) is 2. The molecule has 4 nitrogen and oxygen atoms in total. The van der Waals surface area contributed by atoms with Crippen LogP contribution in [0.3, 0.4) is 0 Å². The number of nitrogens with two attached hydrogens (primary N) is 1. The zero-order chi connectivity index (χ0) is 14.9. The Kier molecular flexibility index (Phi) is 4.06. The van der Waals surface area contributed by atoms with Crippen molar-refractivity contribution in [1.29, 1.82) is 0 Å². The first-order chi connectivity index (χ1) is 9.31. The molecule has 3 N–H and O–H groups in total. The van der Waals surface area contributed by atoms with Gasteiger partial charge in [-0.3, -0.25) is 4.72 Å². The van der Waals surface area contributed by atoms with Crippen molar-refractivity contribution in [3.05, 3.63) is 52.0 Å². The predicted molar refractivity (Wildman–Crippen MR) is 85.3 cm³/mol. The molecule has 0 atom stereocenters. The highest BCUT2D eigenvalue weighted by Gasteiger charge is 2.21. The van der Waals surface area contributed by atoms with E-state index < -0.39 is 10.0 Å². The van der Waals surface area contributed by atoms with Crippen LogP contribution in [0.1, 0.15) is 11.1 Å². The van der Waals surface area contributed by atoms with Gasteiger partial charge in [-0.15, -0.1) is 0 Å². The Hall–Kier alpha value is -1.53. The molecule has 0 heterocycles. The zero-order valence-electron chi connectivity index (χ0n) is 11.1. The van der Waals surface area contributed by atoms with Crippen molar-refractivity contribution in [1.82, 2.24) is 0 Å². The molecule has 0 aliphatic rings. The summed E-state index contributed by atoms with van der Waals surface area (Å²) in [4.78, 5) is 0.139. The minimum Gasteiger partial charge on any atom is -0.397 e. The highest BCUT2D eigenvalue weighted by Crippen LogP contribution is 2.28. The van der Waals surface area contributed by atoms with E-state index in [-0.39, 0.29) is 10.6 Å². The molecule has 6 heteroatoms.